The Morgan fingerprint density at radius 2 is 2.05 bits per heavy atom. The molecule has 5 nitrogen and oxygen atoms in total. The SMILES string of the molecule is CNc1cccc(NCc2ccc(Br)s2)c1[N+](=O)[O-]. The molecule has 0 saturated carbocycles. The van der Waals surface area contributed by atoms with Crippen molar-refractivity contribution in [2.45, 2.75) is 6.54 Å². The van der Waals surface area contributed by atoms with Crippen molar-refractivity contribution in [2.24, 2.45) is 0 Å². The van der Waals surface area contributed by atoms with Crippen LogP contribution in [0.4, 0.5) is 17.1 Å². The number of thiophene rings is 1. The van der Waals surface area contributed by atoms with Crippen molar-refractivity contribution < 1.29 is 4.92 Å². The summed E-state index contributed by atoms with van der Waals surface area (Å²) < 4.78 is 1.04. The molecule has 0 aliphatic rings. The second-order valence-corrected chi connectivity index (χ2v) is 6.32. The molecule has 7 heteroatoms. The number of nitro benzene ring substituents is 1. The van der Waals surface area contributed by atoms with E-state index in [1.54, 1.807) is 36.6 Å². The first kappa shape index (κ1) is 13.8. The summed E-state index contributed by atoms with van der Waals surface area (Å²) in [4.78, 5) is 11.9. The summed E-state index contributed by atoms with van der Waals surface area (Å²) in [7, 11) is 1.67. The van der Waals surface area contributed by atoms with Gasteiger partial charge in [-0.15, -0.1) is 11.3 Å². The summed E-state index contributed by atoms with van der Waals surface area (Å²) in [6, 6.07) is 9.12. The van der Waals surface area contributed by atoms with Crippen LogP contribution >= 0.6 is 27.3 Å². The Bertz CT molecular complexity index is 600. The molecule has 0 unspecified atom stereocenters. The van der Waals surface area contributed by atoms with Gasteiger partial charge in [-0.3, -0.25) is 10.1 Å². The molecule has 19 heavy (non-hydrogen) atoms. The Labute approximate surface area is 122 Å². The summed E-state index contributed by atoms with van der Waals surface area (Å²) in [5.41, 5.74) is 1.09. The summed E-state index contributed by atoms with van der Waals surface area (Å²) in [6.07, 6.45) is 0. The normalized spacial score (nSPS) is 10.2. The van der Waals surface area contributed by atoms with Gasteiger partial charge in [-0.1, -0.05) is 6.07 Å². The Morgan fingerprint density at radius 3 is 2.63 bits per heavy atom. The first-order valence-electron chi connectivity index (χ1n) is 5.55. The van der Waals surface area contributed by atoms with Gasteiger partial charge in [0.15, 0.2) is 0 Å². The fourth-order valence-electron chi connectivity index (χ4n) is 1.71. The van der Waals surface area contributed by atoms with Crippen LogP contribution in [0.3, 0.4) is 0 Å². The summed E-state index contributed by atoms with van der Waals surface area (Å²) in [5, 5.41) is 17.1. The Kier molecular flexibility index (Phi) is 4.39. The van der Waals surface area contributed by atoms with Crippen LogP contribution in [0, 0.1) is 10.1 Å². The van der Waals surface area contributed by atoms with Gasteiger partial charge >= 0.3 is 5.69 Å². The van der Waals surface area contributed by atoms with Crippen LogP contribution in [0.25, 0.3) is 0 Å². The Hall–Kier alpha value is -1.60. The molecule has 2 aromatic rings. The molecule has 0 saturated heterocycles. The zero-order valence-electron chi connectivity index (χ0n) is 10.1. The number of benzene rings is 1. The number of nitro groups is 1. The lowest BCUT2D eigenvalue weighted by Gasteiger charge is -2.09. The van der Waals surface area contributed by atoms with Crippen LogP contribution in [-0.4, -0.2) is 12.0 Å². The van der Waals surface area contributed by atoms with Gasteiger partial charge in [-0.25, -0.2) is 0 Å². The highest BCUT2D eigenvalue weighted by atomic mass is 79.9. The predicted octanol–water partition coefficient (Wildman–Crippen LogP) is 4.07. The molecule has 0 aliphatic heterocycles. The van der Waals surface area contributed by atoms with Crippen LogP contribution in [0.2, 0.25) is 0 Å². The molecule has 0 radical (unpaired) electrons. The minimum atomic E-state index is -0.376. The van der Waals surface area contributed by atoms with E-state index in [1.165, 1.54) is 0 Å². The van der Waals surface area contributed by atoms with Gasteiger partial charge in [0.2, 0.25) is 0 Å². The Balaban J connectivity index is 2.22. The topological polar surface area (TPSA) is 67.2 Å². The molecule has 0 bridgehead atoms. The molecule has 1 aromatic heterocycles. The van der Waals surface area contributed by atoms with Crippen molar-refractivity contribution in [3.8, 4) is 0 Å². The van der Waals surface area contributed by atoms with Crippen molar-refractivity contribution in [1.82, 2.24) is 0 Å². The van der Waals surface area contributed by atoms with E-state index in [1.807, 2.05) is 12.1 Å². The summed E-state index contributed by atoms with van der Waals surface area (Å²) in [5.74, 6) is 0. The molecule has 0 spiro atoms. The molecule has 2 rings (SSSR count). The standard InChI is InChI=1S/C12H12BrN3O2S/c1-14-9-3-2-4-10(12(9)16(17)18)15-7-8-5-6-11(13)19-8/h2-6,14-15H,7H2,1H3. The maximum absolute atomic E-state index is 11.1. The number of nitrogens with zero attached hydrogens (tertiary/aromatic N) is 1. The smallest absolute Gasteiger partial charge is 0.315 e. The largest absolute Gasteiger partial charge is 0.382 e. The molecule has 0 fully saturated rings. The van der Waals surface area contributed by atoms with E-state index in [0.29, 0.717) is 17.9 Å². The third kappa shape index (κ3) is 3.24. The maximum atomic E-state index is 11.1. The lowest BCUT2D eigenvalue weighted by Crippen LogP contribution is -2.04. The number of rotatable bonds is 5. The molecule has 0 aliphatic carbocycles. The van der Waals surface area contributed by atoms with Crippen LogP contribution in [0.1, 0.15) is 4.88 Å². The molecular weight excluding hydrogens is 330 g/mol. The number of halogens is 1. The van der Waals surface area contributed by atoms with E-state index in [2.05, 4.69) is 26.6 Å². The zero-order valence-corrected chi connectivity index (χ0v) is 12.5. The van der Waals surface area contributed by atoms with Crippen LogP contribution in [0.5, 0.6) is 0 Å². The van der Waals surface area contributed by atoms with Gasteiger partial charge in [-0.2, -0.15) is 0 Å². The number of hydrogen-bond acceptors (Lipinski definition) is 5. The van der Waals surface area contributed by atoms with Gasteiger partial charge in [-0.05, 0) is 40.2 Å². The van der Waals surface area contributed by atoms with E-state index >= 15 is 0 Å². The Morgan fingerprint density at radius 1 is 1.32 bits per heavy atom. The van der Waals surface area contributed by atoms with Crippen molar-refractivity contribution in [3.63, 3.8) is 0 Å². The third-order valence-electron chi connectivity index (χ3n) is 2.57. The average Bonchev–Trinajstić information content (AvgIpc) is 2.81. The maximum Gasteiger partial charge on any atom is 0.315 e. The fourth-order valence-corrected chi connectivity index (χ4v) is 3.14. The quantitative estimate of drug-likeness (QED) is 0.635. The van der Waals surface area contributed by atoms with Crippen molar-refractivity contribution in [2.75, 3.05) is 17.7 Å². The summed E-state index contributed by atoms with van der Waals surface area (Å²) in [6.45, 7) is 0.560. The van der Waals surface area contributed by atoms with Gasteiger partial charge < -0.3 is 10.6 Å². The highest BCUT2D eigenvalue weighted by molar-refractivity contribution is 9.11. The van der Waals surface area contributed by atoms with Crippen molar-refractivity contribution in [1.29, 1.82) is 0 Å². The highest BCUT2D eigenvalue weighted by Crippen LogP contribution is 2.33. The minimum Gasteiger partial charge on any atom is -0.382 e. The van der Waals surface area contributed by atoms with E-state index in [-0.39, 0.29) is 10.6 Å². The van der Waals surface area contributed by atoms with Gasteiger partial charge in [0.25, 0.3) is 0 Å². The zero-order chi connectivity index (χ0) is 13.8. The first-order chi connectivity index (χ1) is 9.11. The highest BCUT2D eigenvalue weighted by Gasteiger charge is 2.18. The van der Waals surface area contributed by atoms with Crippen molar-refractivity contribution >= 4 is 44.3 Å². The number of para-hydroxylation sites is 1. The monoisotopic (exact) mass is 341 g/mol. The number of nitrogens with one attached hydrogen (secondary N) is 2. The first-order valence-corrected chi connectivity index (χ1v) is 7.16. The van der Waals surface area contributed by atoms with Crippen LogP contribution < -0.4 is 10.6 Å². The van der Waals surface area contributed by atoms with Gasteiger partial charge in [0.05, 0.1) is 8.71 Å². The molecular formula is C12H12BrN3O2S. The van der Waals surface area contributed by atoms with Crippen molar-refractivity contribution in [3.05, 3.63) is 49.1 Å². The molecule has 1 heterocycles. The van der Waals surface area contributed by atoms with Gasteiger partial charge in [0.1, 0.15) is 11.4 Å². The minimum absolute atomic E-state index is 0.0700. The lowest BCUT2D eigenvalue weighted by atomic mass is 10.2. The molecule has 1 aromatic carbocycles. The second-order valence-electron chi connectivity index (χ2n) is 3.77. The van der Waals surface area contributed by atoms with Gasteiger partial charge in [0, 0.05) is 18.5 Å². The molecule has 2 N–H and O–H groups in total. The molecule has 0 amide bonds. The van der Waals surface area contributed by atoms with E-state index < -0.39 is 0 Å². The average molecular weight is 342 g/mol. The number of anilines is 2. The van der Waals surface area contributed by atoms with E-state index in [0.717, 1.165) is 8.66 Å². The van der Waals surface area contributed by atoms with E-state index in [9.17, 15) is 10.1 Å². The van der Waals surface area contributed by atoms with E-state index in [4.69, 9.17) is 0 Å². The number of hydrogen-bond donors (Lipinski definition) is 2. The second kappa shape index (κ2) is 6.03. The molecule has 0 atom stereocenters. The van der Waals surface area contributed by atoms with Crippen LogP contribution in [0.15, 0.2) is 34.1 Å². The molecule has 100 valence electrons. The van der Waals surface area contributed by atoms with Crippen LogP contribution in [-0.2, 0) is 6.54 Å². The third-order valence-corrected chi connectivity index (χ3v) is 4.19. The lowest BCUT2D eigenvalue weighted by molar-refractivity contribution is -0.383. The predicted molar refractivity (Wildman–Crippen MR) is 82.0 cm³/mol. The fraction of sp³-hybridized carbons (Fsp3) is 0.167. The summed E-state index contributed by atoms with van der Waals surface area (Å²) >= 11 is 4.99.